The quantitative estimate of drug-likeness (QED) is 0.559. The molecule has 0 aromatic carbocycles. The van der Waals surface area contributed by atoms with Crippen molar-refractivity contribution in [2.45, 2.75) is 13.0 Å². The van der Waals surface area contributed by atoms with E-state index in [4.69, 9.17) is 5.11 Å². The largest absolute Gasteiger partial charge is 0.481 e. The third-order valence-electron chi connectivity index (χ3n) is 1.81. The molecule has 0 amide bonds. The van der Waals surface area contributed by atoms with Gasteiger partial charge in [-0.1, -0.05) is 0 Å². The first-order valence-corrected chi connectivity index (χ1v) is 4.41. The van der Waals surface area contributed by atoms with Crippen LogP contribution in [-0.4, -0.2) is 27.6 Å². The molecular formula is C9H11N3O3. The van der Waals surface area contributed by atoms with Crippen LogP contribution in [0.4, 0.5) is 0 Å². The minimum atomic E-state index is -0.946. The van der Waals surface area contributed by atoms with Crippen molar-refractivity contribution in [2.24, 2.45) is 5.29 Å². The zero-order valence-corrected chi connectivity index (χ0v) is 8.04. The van der Waals surface area contributed by atoms with Crippen molar-refractivity contribution >= 4 is 5.97 Å². The Hall–Kier alpha value is -1.98. The Labute approximate surface area is 86.5 Å². The van der Waals surface area contributed by atoms with Gasteiger partial charge in [0.25, 0.3) is 0 Å². The molecule has 0 bridgehead atoms. The average molecular weight is 209 g/mol. The molecule has 0 saturated carbocycles. The van der Waals surface area contributed by atoms with Gasteiger partial charge in [-0.25, -0.2) is 0 Å². The highest BCUT2D eigenvalue weighted by molar-refractivity contribution is 5.66. The summed E-state index contributed by atoms with van der Waals surface area (Å²) < 4.78 is 0. The molecule has 1 heterocycles. The zero-order valence-electron chi connectivity index (χ0n) is 8.04. The molecule has 0 unspecified atom stereocenters. The number of nitrogens with zero attached hydrogens (tertiary/aromatic N) is 3. The second-order valence-corrected chi connectivity index (χ2v) is 2.97. The van der Waals surface area contributed by atoms with Crippen molar-refractivity contribution in [3.8, 4) is 0 Å². The summed E-state index contributed by atoms with van der Waals surface area (Å²) in [5.41, 5.74) is 0.870. The molecule has 0 aliphatic carbocycles. The van der Waals surface area contributed by atoms with Gasteiger partial charge in [0.1, 0.15) is 0 Å². The van der Waals surface area contributed by atoms with Crippen molar-refractivity contribution in [3.63, 3.8) is 0 Å². The Kier molecular flexibility index (Phi) is 4.21. The summed E-state index contributed by atoms with van der Waals surface area (Å²) in [6.45, 7) is 0.417. The van der Waals surface area contributed by atoms with E-state index in [2.05, 4.69) is 10.3 Å². The smallest absolute Gasteiger partial charge is 0.305 e. The van der Waals surface area contributed by atoms with Crippen LogP contribution >= 0.6 is 0 Å². The van der Waals surface area contributed by atoms with Gasteiger partial charge in [0.15, 0.2) is 0 Å². The van der Waals surface area contributed by atoms with Crippen molar-refractivity contribution < 1.29 is 9.90 Å². The molecule has 15 heavy (non-hydrogen) atoms. The minimum absolute atomic E-state index is 0.100. The lowest BCUT2D eigenvalue weighted by Gasteiger charge is -2.13. The van der Waals surface area contributed by atoms with Gasteiger partial charge in [-0.15, -0.1) is 4.91 Å². The second-order valence-electron chi connectivity index (χ2n) is 2.97. The molecule has 0 saturated heterocycles. The predicted molar refractivity (Wildman–Crippen MR) is 52.7 cm³/mol. The number of hydrogen-bond donors (Lipinski definition) is 1. The van der Waals surface area contributed by atoms with Gasteiger partial charge in [-0.05, 0) is 17.7 Å². The Morgan fingerprint density at radius 1 is 1.47 bits per heavy atom. The van der Waals surface area contributed by atoms with Gasteiger partial charge in [0.05, 0.1) is 24.8 Å². The van der Waals surface area contributed by atoms with Gasteiger partial charge in [0.2, 0.25) is 0 Å². The zero-order chi connectivity index (χ0) is 11.1. The highest BCUT2D eigenvalue weighted by Gasteiger charge is 2.06. The number of aliphatic carboxylic acids is 1. The second kappa shape index (κ2) is 5.69. The van der Waals surface area contributed by atoms with Gasteiger partial charge in [-0.2, -0.15) is 0 Å². The summed E-state index contributed by atoms with van der Waals surface area (Å²) >= 11 is 0. The van der Waals surface area contributed by atoms with E-state index in [0.717, 1.165) is 5.56 Å². The topological polar surface area (TPSA) is 82.9 Å². The standard InChI is InChI=1S/C9H11N3O3/c13-9(14)3-6-12(11-15)7-8-1-4-10-5-2-8/h1-2,4-5H,3,6-7H2,(H,13,14). The lowest BCUT2D eigenvalue weighted by Crippen LogP contribution is -2.19. The van der Waals surface area contributed by atoms with E-state index in [1.54, 1.807) is 24.5 Å². The van der Waals surface area contributed by atoms with Crippen LogP contribution in [0.3, 0.4) is 0 Å². The fourth-order valence-corrected chi connectivity index (χ4v) is 1.07. The highest BCUT2D eigenvalue weighted by Crippen LogP contribution is 2.03. The molecule has 0 radical (unpaired) electrons. The fraction of sp³-hybridized carbons (Fsp3) is 0.333. The third-order valence-corrected chi connectivity index (χ3v) is 1.81. The first-order chi connectivity index (χ1) is 7.22. The Balaban J connectivity index is 2.47. The average Bonchev–Trinajstić information content (AvgIpc) is 2.25. The first-order valence-electron chi connectivity index (χ1n) is 4.41. The van der Waals surface area contributed by atoms with E-state index < -0.39 is 5.97 Å². The van der Waals surface area contributed by atoms with E-state index in [9.17, 15) is 9.70 Å². The molecule has 6 nitrogen and oxygen atoms in total. The monoisotopic (exact) mass is 209 g/mol. The summed E-state index contributed by atoms with van der Waals surface area (Å²) in [7, 11) is 0. The number of nitroso groups, excluding NO2 is 1. The van der Waals surface area contributed by atoms with Crippen molar-refractivity contribution in [3.05, 3.63) is 35.0 Å². The van der Waals surface area contributed by atoms with Gasteiger partial charge >= 0.3 is 5.97 Å². The molecule has 0 aliphatic heterocycles. The number of carbonyl (C=O) groups is 1. The number of pyridine rings is 1. The minimum Gasteiger partial charge on any atom is -0.481 e. The van der Waals surface area contributed by atoms with Gasteiger partial charge in [-0.3, -0.25) is 14.8 Å². The highest BCUT2D eigenvalue weighted by atomic mass is 16.4. The maximum Gasteiger partial charge on any atom is 0.305 e. The van der Waals surface area contributed by atoms with E-state index in [1.807, 2.05) is 0 Å². The molecular weight excluding hydrogens is 198 g/mol. The molecule has 1 N–H and O–H groups in total. The van der Waals surface area contributed by atoms with E-state index in [-0.39, 0.29) is 13.0 Å². The van der Waals surface area contributed by atoms with Crippen LogP contribution in [0, 0.1) is 4.91 Å². The lowest BCUT2D eigenvalue weighted by molar-refractivity contribution is -0.137. The lowest BCUT2D eigenvalue weighted by atomic mass is 10.2. The maximum absolute atomic E-state index is 10.4. The summed E-state index contributed by atoms with van der Waals surface area (Å²) in [4.78, 5) is 24.5. The molecule has 0 aliphatic rings. The fourth-order valence-electron chi connectivity index (χ4n) is 1.07. The summed E-state index contributed by atoms with van der Waals surface area (Å²) in [6.07, 6.45) is 3.11. The van der Waals surface area contributed by atoms with Crippen molar-refractivity contribution in [1.29, 1.82) is 0 Å². The molecule has 0 atom stereocenters. The van der Waals surface area contributed by atoms with Gasteiger partial charge < -0.3 is 5.11 Å². The third kappa shape index (κ3) is 4.17. The van der Waals surface area contributed by atoms with E-state index in [1.165, 1.54) is 5.01 Å². The Morgan fingerprint density at radius 3 is 2.67 bits per heavy atom. The summed E-state index contributed by atoms with van der Waals surface area (Å²) in [5, 5.41) is 12.4. The number of carboxylic acids is 1. The van der Waals surface area contributed by atoms with Crippen LogP contribution in [0.1, 0.15) is 12.0 Å². The molecule has 0 spiro atoms. The van der Waals surface area contributed by atoms with Crippen LogP contribution < -0.4 is 0 Å². The van der Waals surface area contributed by atoms with Crippen LogP contribution in [0.15, 0.2) is 29.8 Å². The molecule has 1 aromatic rings. The molecule has 1 aromatic heterocycles. The maximum atomic E-state index is 10.4. The summed E-state index contributed by atoms with van der Waals surface area (Å²) in [5.74, 6) is -0.946. The molecule has 80 valence electrons. The normalized spacial score (nSPS) is 9.60. The predicted octanol–water partition coefficient (Wildman–Crippen LogP) is 1.04. The number of rotatable bonds is 6. The van der Waals surface area contributed by atoms with Crippen LogP contribution in [0.5, 0.6) is 0 Å². The number of carboxylic acid groups (broad SMARTS) is 1. The van der Waals surface area contributed by atoms with E-state index in [0.29, 0.717) is 6.54 Å². The van der Waals surface area contributed by atoms with E-state index >= 15 is 0 Å². The van der Waals surface area contributed by atoms with Crippen molar-refractivity contribution in [2.75, 3.05) is 6.54 Å². The van der Waals surface area contributed by atoms with Crippen LogP contribution in [0.2, 0.25) is 0 Å². The first kappa shape index (κ1) is 11.1. The SMILES string of the molecule is O=NN(CCC(=O)O)Cc1ccncc1. The molecule has 0 fully saturated rings. The van der Waals surface area contributed by atoms with Gasteiger partial charge in [0, 0.05) is 12.4 Å². The molecule has 1 rings (SSSR count). The Bertz CT molecular complexity index is 329. The van der Waals surface area contributed by atoms with Crippen LogP contribution in [-0.2, 0) is 11.3 Å². The van der Waals surface area contributed by atoms with Crippen LogP contribution in [0.25, 0.3) is 0 Å². The number of hydrogen-bond acceptors (Lipinski definition) is 4. The molecule has 6 heteroatoms. The van der Waals surface area contributed by atoms with Crippen molar-refractivity contribution in [1.82, 2.24) is 9.99 Å². The summed E-state index contributed by atoms with van der Waals surface area (Å²) in [6, 6.07) is 3.50. The Morgan fingerprint density at radius 2 is 2.13 bits per heavy atom. The number of aromatic nitrogens is 1.